The van der Waals surface area contributed by atoms with Crippen LogP contribution in [0.4, 0.5) is 0 Å². The first-order valence-corrected chi connectivity index (χ1v) is 8.50. The van der Waals surface area contributed by atoms with Gasteiger partial charge in [-0.25, -0.2) is 4.68 Å². The molecule has 8 heteroatoms. The molecule has 0 fully saturated rings. The van der Waals surface area contributed by atoms with Crippen LogP contribution in [0.15, 0.2) is 36.7 Å². The highest BCUT2D eigenvalue weighted by Crippen LogP contribution is 2.21. The lowest BCUT2D eigenvalue weighted by Gasteiger charge is -2.07. The molecule has 0 atom stereocenters. The Morgan fingerprint density at radius 2 is 2.08 bits per heavy atom. The lowest BCUT2D eigenvalue weighted by atomic mass is 10.3. The Morgan fingerprint density at radius 3 is 2.77 bits per heavy atom. The number of nitrogens with one attached hydrogen (secondary N) is 1. The second kappa shape index (κ2) is 7.61. The number of para-hydroxylation sites is 2. The summed E-state index contributed by atoms with van der Waals surface area (Å²) in [6.45, 7) is 4.16. The molecule has 3 rings (SSSR count). The van der Waals surface area contributed by atoms with Gasteiger partial charge in [-0.2, -0.15) is 10.2 Å². The zero-order valence-electron chi connectivity index (χ0n) is 14.9. The molecule has 136 valence electrons. The molecule has 1 N–H and O–H groups in total. The predicted octanol–water partition coefficient (Wildman–Crippen LogP) is 2.66. The number of halogens is 1. The summed E-state index contributed by atoms with van der Waals surface area (Å²) >= 11 is 6.10. The van der Waals surface area contributed by atoms with Gasteiger partial charge in [0, 0.05) is 18.3 Å². The van der Waals surface area contributed by atoms with Crippen molar-refractivity contribution in [3.8, 4) is 11.4 Å². The number of amides is 1. The number of rotatable bonds is 6. The van der Waals surface area contributed by atoms with Crippen molar-refractivity contribution in [2.24, 2.45) is 0 Å². The second-order valence-electron chi connectivity index (χ2n) is 5.88. The fourth-order valence-electron chi connectivity index (χ4n) is 2.62. The number of aryl methyl sites for hydroxylation is 1. The van der Waals surface area contributed by atoms with Crippen LogP contribution in [-0.4, -0.2) is 32.6 Å². The zero-order valence-corrected chi connectivity index (χ0v) is 15.6. The maximum atomic E-state index is 12.2. The van der Waals surface area contributed by atoms with E-state index in [1.807, 2.05) is 44.3 Å². The third-order valence-corrected chi connectivity index (χ3v) is 4.59. The van der Waals surface area contributed by atoms with E-state index in [-0.39, 0.29) is 12.5 Å². The van der Waals surface area contributed by atoms with Crippen LogP contribution in [0.3, 0.4) is 0 Å². The molecular formula is C18H20ClN5O2. The lowest BCUT2D eigenvalue weighted by molar-refractivity contribution is -0.122. The average Bonchev–Trinajstić information content (AvgIpc) is 3.21. The van der Waals surface area contributed by atoms with Gasteiger partial charge in [0.25, 0.3) is 0 Å². The van der Waals surface area contributed by atoms with E-state index in [9.17, 15) is 4.79 Å². The van der Waals surface area contributed by atoms with Crippen molar-refractivity contribution in [3.05, 3.63) is 58.6 Å². The minimum absolute atomic E-state index is 0.125. The van der Waals surface area contributed by atoms with E-state index in [1.165, 1.54) is 0 Å². The summed E-state index contributed by atoms with van der Waals surface area (Å²) in [5, 5.41) is 12.1. The molecule has 0 aliphatic carbocycles. The first-order chi connectivity index (χ1) is 12.5. The first-order valence-electron chi connectivity index (χ1n) is 8.12. The van der Waals surface area contributed by atoms with Gasteiger partial charge in [-0.1, -0.05) is 23.7 Å². The fourth-order valence-corrected chi connectivity index (χ4v) is 2.76. The van der Waals surface area contributed by atoms with Crippen LogP contribution >= 0.6 is 11.6 Å². The van der Waals surface area contributed by atoms with Gasteiger partial charge in [-0.3, -0.25) is 9.48 Å². The number of aromatic nitrogens is 4. The van der Waals surface area contributed by atoms with E-state index in [1.54, 1.807) is 22.7 Å². The predicted molar refractivity (Wildman–Crippen MR) is 98.7 cm³/mol. The van der Waals surface area contributed by atoms with Crippen LogP contribution in [-0.2, 0) is 17.9 Å². The molecule has 7 nitrogen and oxygen atoms in total. The minimum Gasteiger partial charge on any atom is -0.494 e. The summed E-state index contributed by atoms with van der Waals surface area (Å²) in [4.78, 5) is 12.2. The van der Waals surface area contributed by atoms with Crippen molar-refractivity contribution >= 4 is 17.5 Å². The molecule has 0 spiro atoms. The van der Waals surface area contributed by atoms with Crippen molar-refractivity contribution in [2.45, 2.75) is 26.9 Å². The third kappa shape index (κ3) is 3.72. The summed E-state index contributed by atoms with van der Waals surface area (Å²) in [5.74, 6) is 0.588. The largest absolute Gasteiger partial charge is 0.494 e. The highest BCUT2D eigenvalue weighted by Gasteiger charge is 2.12. The van der Waals surface area contributed by atoms with Gasteiger partial charge in [-0.15, -0.1) is 0 Å². The Balaban J connectivity index is 1.63. The topological polar surface area (TPSA) is 74.0 Å². The third-order valence-electron chi connectivity index (χ3n) is 4.04. The summed E-state index contributed by atoms with van der Waals surface area (Å²) in [6.07, 6.45) is 3.57. The van der Waals surface area contributed by atoms with Crippen LogP contribution in [0.1, 0.15) is 17.0 Å². The van der Waals surface area contributed by atoms with E-state index in [4.69, 9.17) is 16.3 Å². The van der Waals surface area contributed by atoms with Crippen LogP contribution < -0.4 is 10.1 Å². The molecule has 0 aliphatic heterocycles. The Hall–Kier alpha value is -2.80. The number of hydrogen-bond donors (Lipinski definition) is 1. The highest BCUT2D eigenvalue weighted by atomic mass is 35.5. The van der Waals surface area contributed by atoms with Crippen molar-refractivity contribution in [1.82, 2.24) is 24.9 Å². The first kappa shape index (κ1) is 18.0. The highest BCUT2D eigenvalue weighted by molar-refractivity contribution is 6.31. The number of ether oxygens (including phenoxy) is 1. The molecule has 2 aromatic heterocycles. The van der Waals surface area contributed by atoms with Crippen LogP contribution in [0.5, 0.6) is 5.75 Å². The summed E-state index contributed by atoms with van der Waals surface area (Å²) in [5.41, 5.74) is 3.22. The molecule has 1 amide bonds. The molecule has 1 aromatic carbocycles. The number of hydrogen-bond acceptors (Lipinski definition) is 4. The Kier molecular flexibility index (Phi) is 5.27. The van der Waals surface area contributed by atoms with Gasteiger partial charge in [0.2, 0.25) is 5.91 Å². The van der Waals surface area contributed by atoms with Gasteiger partial charge in [0.1, 0.15) is 18.0 Å². The zero-order chi connectivity index (χ0) is 18.7. The average molecular weight is 374 g/mol. The monoisotopic (exact) mass is 373 g/mol. The fraction of sp³-hybridized carbons (Fsp3) is 0.278. The summed E-state index contributed by atoms with van der Waals surface area (Å²) < 4.78 is 8.67. The van der Waals surface area contributed by atoms with Crippen molar-refractivity contribution in [3.63, 3.8) is 0 Å². The number of carbonyl (C=O) groups excluding carboxylic acids is 1. The molecule has 0 unspecified atom stereocenters. The van der Waals surface area contributed by atoms with Crippen LogP contribution in [0, 0.1) is 13.8 Å². The van der Waals surface area contributed by atoms with Crippen molar-refractivity contribution in [2.75, 3.05) is 7.11 Å². The maximum absolute atomic E-state index is 12.2. The number of benzene rings is 1. The van der Waals surface area contributed by atoms with Crippen molar-refractivity contribution < 1.29 is 9.53 Å². The second-order valence-corrected chi connectivity index (χ2v) is 6.26. The number of nitrogens with zero attached hydrogens (tertiary/aromatic N) is 4. The van der Waals surface area contributed by atoms with E-state index >= 15 is 0 Å². The van der Waals surface area contributed by atoms with E-state index in [2.05, 4.69) is 15.5 Å². The quantitative estimate of drug-likeness (QED) is 0.720. The normalized spacial score (nSPS) is 10.8. The minimum atomic E-state index is -0.141. The van der Waals surface area contributed by atoms with Gasteiger partial charge >= 0.3 is 0 Å². The summed E-state index contributed by atoms with van der Waals surface area (Å²) in [6, 6.07) is 7.61. The Labute approximate surface area is 156 Å². The number of carbonyl (C=O) groups is 1. The molecule has 3 aromatic rings. The van der Waals surface area contributed by atoms with E-state index in [0.29, 0.717) is 11.6 Å². The van der Waals surface area contributed by atoms with E-state index < -0.39 is 0 Å². The SMILES string of the molecule is COc1ccccc1-n1cc(CNC(=O)Cn2nc(C)c(Cl)c2C)cn1. The van der Waals surface area contributed by atoms with Crippen molar-refractivity contribution in [1.29, 1.82) is 0 Å². The van der Waals surface area contributed by atoms with Gasteiger partial charge in [0.15, 0.2) is 0 Å². The van der Waals surface area contributed by atoms with Crippen LogP contribution in [0.25, 0.3) is 5.69 Å². The standard InChI is InChI=1S/C18H20ClN5O2/c1-12-18(19)13(2)23(22-12)11-17(25)20-8-14-9-21-24(10-14)15-6-4-5-7-16(15)26-3/h4-7,9-10H,8,11H2,1-3H3,(H,20,25). The Bertz CT molecular complexity index is 932. The molecule has 0 radical (unpaired) electrons. The van der Waals surface area contributed by atoms with E-state index in [0.717, 1.165) is 28.4 Å². The summed E-state index contributed by atoms with van der Waals surface area (Å²) in [7, 11) is 1.62. The Morgan fingerprint density at radius 1 is 1.31 bits per heavy atom. The molecular weight excluding hydrogens is 354 g/mol. The lowest BCUT2D eigenvalue weighted by Crippen LogP contribution is -2.27. The van der Waals surface area contributed by atoms with Crippen LogP contribution in [0.2, 0.25) is 5.02 Å². The molecule has 26 heavy (non-hydrogen) atoms. The van der Waals surface area contributed by atoms with Gasteiger partial charge < -0.3 is 10.1 Å². The molecule has 0 saturated carbocycles. The van der Waals surface area contributed by atoms with Gasteiger partial charge in [-0.05, 0) is 26.0 Å². The molecule has 0 aliphatic rings. The van der Waals surface area contributed by atoms with Gasteiger partial charge in [0.05, 0.1) is 29.7 Å². The molecule has 2 heterocycles. The smallest absolute Gasteiger partial charge is 0.242 e. The number of methoxy groups -OCH3 is 1. The molecule has 0 saturated heterocycles. The molecule has 0 bridgehead atoms. The maximum Gasteiger partial charge on any atom is 0.242 e.